The van der Waals surface area contributed by atoms with E-state index >= 15 is 0 Å². The summed E-state index contributed by atoms with van der Waals surface area (Å²) < 4.78 is 18.5. The first kappa shape index (κ1) is 11.0. The van der Waals surface area contributed by atoms with Crippen molar-refractivity contribution < 1.29 is 9.13 Å². The molecule has 0 aromatic carbocycles. The van der Waals surface area contributed by atoms with E-state index in [4.69, 9.17) is 4.74 Å². The first-order chi connectivity index (χ1) is 7.16. The lowest BCUT2D eigenvalue weighted by Crippen LogP contribution is -2.38. The highest BCUT2D eigenvalue weighted by Crippen LogP contribution is 2.18. The zero-order valence-corrected chi connectivity index (χ0v) is 9.76. The maximum Gasteiger partial charge on any atom is 0.141 e. The Kier molecular flexibility index (Phi) is 3.33. The van der Waals surface area contributed by atoms with E-state index in [-0.39, 0.29) is 12.6 Å². The van der Waals surface area contributed by atoms with Crippen LogP contribution in [-0.4, -0.2) is 42.4 Å². The predicted molar refractivity (Wildman–Crippen MR) is 57.8 cm³/mol. The van der Waals surface area contributed by atoms with Crippen molar-refractivity contribution in [2.75, 3.05) is 20.3 Å². The number of thiazole rings is 1. The van der Waals surface area contributed by atoms with E-state index in [1.165, 1.54) is 0 Å². The molecule has 0 aliphatic carbocycles. The van der Waals surface area contributed by atoms with Gasteiger partial charge < -0.3 is 4.74 Å². The second-order valence-corrected chi connectivity index (χ2v) is 4.96. The summed E-state index contributed by atoms with van der Waals surface area (Å²) in [5.41, 5.74) is 1.01. The summed E-state index contributed by atoms with van der Waals surface area (Å²) in [5, 5.41) is 3.08. The lowest BCUT2D eigenvalue weighted by atomic mass is 10.2. The van der Waals surface area contributed by atoms with Crippen LogP contribution in [0.4, 0.5) is 4.39 Å². The number of hydrogen-bond donors (Lipinski definition) is 0. The van der Waals surface area contributed by atoms with Crippen LogP contribution in [0, 0.1) is 6.92 Å². The number of rotatable bonds is 3. The van der Waals surface area contributed by atoms with Crippen LogP contribution < -0.4 is 0 Å². The standard InChI is InChI=1S/C10H15FN2OS/c1-7-12-8(6-15-7)3-13(2)10-5-14-4-9(10)11/h6,9-10H,3-5H2,1-2H3. The van der Waals surface area contributed by atoms with Crippen LogP contribution in [0.2, 0.25) is 0 Å². The average Bonchev–Trinajstić information content (AvgIpc) is 2.75. The fourth-order valence-corrected chi connectivity index (χ4v) is 2.38. The van der Waals surface area contributed by atoms with Crippen molar-refractivity contribution >= 4 is 11.3 Å². The van der Waals surface area contributed by atoms with Crippen molar-refractivity contribution in [1.82, 2.24) is 9.88 Å². The van der Waals surface area contributed by atoms with Gasteiger partial charge in [-0.05, 0) is 14.0 Å². The minimum atomic E-state index is -0.866. The predicted octanol–water partition coefficient (Wildman–Crippen LogP) is 1.62. The second-order valence-electron chi connectivity index (χ2n) is 3.89. The lowest BCUT2D eigenvalue weighted by molar-refractivity contribution is 0.153. The van der Waals surface area contributed by atoms with E-state index in [1.54, 1.807) is 11.3 Å². The van der Waals surface area contributed by atoms with Crippen molar-refractivity contribution in [2.24, 2.45) is 0 Å². The van der Waals surface area contributed by atoms with E-state index in [9.17, 15) is 4.39 Å². The highest BCUT2D eigenvalue weighted by atomic mass is 32.1. The molecule has 5 heteroatoms. The van der Waals surface area contributed by atoms with Crippen LogP contribution in [-0.2, 0) is 11.3 Å². The number of halogens is 1. The summed E-state index contributed by atoms with van der Waals surface area (Å²) in [6.07, 6.45) is -0.866. The second kappa shape index (κ2) is 4.55. The molecular formula is C10H15FN2OS. The molecule has 0 saturated carbocycles. The number of ether oxygens (including phenoxy) is 1. The number of likely N-dealkylation sites (N-methyl/N-ethyl adjacent to an activating group) is 1. The fraction of sp³-hybridized carbons (Fsp3) is 0.700. The molecule has 2 unspecified atom stereocenters. The molecule has 1 aliphatic heterocycles. The molecule has 3 nitrogen and oxygen atoms in total. The molecule has 2 rings (SSSR count). The van der Waals surface area contributed by atoms with Gasteiger partial charge in [0.2, 0.25) is 0 Å². The topological polar surface area (TPSA) is 25.4 Å². The molecule has 1 aromatic heterocycles. The SMILES string of the molecule is Cc1nc(CN(C)C2COCC2F)cs1. The third-order valence-corrected chi connectivity index (χ3v) is 3.45. The molecule has 0 amide bonds. The summed E-state index contributed by atoms with van der Waals surface area (Å²) in [6.45, 7) is 3.38. The number of nitrogens with zero attached hydrogens (tertiary/aromatic N) is 2. The van der Waals surface area contributed by atoms with Gasteiger partial charge in [0.05, 0.1) is 30.0 Å². The van der Waals surface area contributed by atoms with Gasteiger partial charge in [0.1, 0.15) is 6.17 Å². The fourth-order valence-electron chi connectivity index (χ4n) is 1.77. The first-order valence-electron chi connectivity index (χ1n) is 5.00. The van der Waals surface area contributed by atoms with E-state index < -0.39 is 6.17 Å². The molecule has 0 spiro atoms. The van der Waals surface area contributed by atoms with E-state index in [1.807, 2.05) is 24.3 Å². The summed E-state index contributed by atoms with van der Waals surface area (Å²) in [6, 6.07) is -0.119. The highest BCUT2D eigenvalue weighted by molar-refractivity contribution is 7.09. The van der Waals surface area contributed by atoms with E-state index in [0.717, 1.165) is 10.7 Å². The van der Waals surface area contributed by atoms with Gasteiger partial charge in [-0.25, -0.2) is 9.37 Å². The van der Waals surface area contributed by atoms with Gasteiger partial charge in [0.25, 0.3) is 0 Å². The van der Waals surface area contributed by atoms with Crippen molar-refractivity contribution in [2.45, 2.75) is 25.7 Å². The number of aromatic nitrogens is 1. The quantitative estimate of drug-likeness (QED) is 0.789. The molecule has 1 aromatic rings. The van der Waals surface area contributed by atoms with Gasteiger partial charge in [0, 0.05) is 11.9 Å². The Morgan fingerprint density at radius 3 is 3.00 bits per heavy atom. The summed E-state index contributed by atoms with van der Waals surface area (Å²) in [4.78, 5) is 6.34. The van der Waals surface area contributed by atoms with Gasteiger partial charge in [-0.1, -0.05) is 0 Å². The Morgan fingerprint density at radius 2 is 2.47 bits per heavy atom. The van der Waals surface area contributed by atoms with Crippen molar-refractivity contribution in [1.29, 1.82) is 0 Å². The molecule has 15 heavy (non-hydrogen) atoms. The maximum absolute atomic E-state index is 13.4. The molecule has 84 valence electrons. The van der Waals surface area contributed by atoms with Crippen molar-refractivity contribution in [3.05, 3.63) is 16.1 Å². The van der Waals surface area contributed by atoms with E-state index in [0.29, 0.717) is 13.2 Å². The van der Waals surface area contributed by atoms with Gasteiger partial charge in [-0.2, -0.15) is 0 Å². The minimum absolute atomic E-state index is 0.119. The van der Waals surface area contributed by atoms with Gasteiger partial charge in [-0.15, -0.1) is 11.3 Å². The maximum atomic E-state index is 13.4. The zero-order chi connectivity index (χ0) is 10.8. The largest absolute Gasteiger partial charge is 0.377 e. The molecule has 1 fully saturated rings. The monoisotopic (exact) mass is 230 g/mol. The Labute approximate surface area is 92.9 Å². The number of alkyl halides is 1. The highest BCUT2D eigenvalue weighted by Gasteiger charge is 2.31. The Balaban J connectivity index is 1.94. The Bertz CT molecular complexity index is 331. The third-order valence-electron chi connectivity index (χ3n) is 2.63. The third kappa shape index (κ3) is 2.53. The molecule has 0 N–H and O–H groups in total. The Hall–Kier alpha value is -0.520. The number of aryl methyl sites for hydroxylation is 1. The van der Waals surface area contributed by atoms with Crippen LogP contribution >= 0.6 is 11.3 Å². The smallest absolute Gasteiger partial charge is 0.141 e. The van der Waals surface area contributed by atoms with Crippen LogP contribution in [0.15, 0.2) is 5.38 Å². The summed E-state index contributed by atoms with van der Waals surface area (Å²) in [7, 11) is 1.92. The molecule has 1 saturated heterocycles. The van der Waals surface area contributed by atoms with Crippen LogP contribution in [0.1, 0.15) is 10.7 Å². The summed E-state index contributed by atoms with van der Waals surface area (Å²) in [5.74, 6) is 0. The molecule has 2 atom stereocenters. The number of hydrogen-bond acceptors (Lipinski definition) is 4. The molecule has 1 aliphatic rings. The van der Waals surface area contributed by atoms with Gasteiger partial charge in [0.15, 0.2) is 0 Å². The van der Waals surface area contributed by atoms with Crippen LogP contribution in [0.3, 0.4) is 0 Å². The lowest BCUT2D eigenvalue weighted by Gasteiger charge is -2.23. The average molecular weight is 230 g/mol. The molecular weight excluding hydrogens is 215 g/mol. The van der Waals surface area contributed by atoms with Gasteiger partial charge in [-0.3, -0.25) is 4.90 Å². The van der Waals surface area contributed by atoms with Crippen molar-refractivity contribution in [3.63, 3.8) is 0 Å². The van der Waals surface area contributed by atoms with E-state index in [2.05, 4.69) is 4.98 Å². The summed E-state index contributed by atoms with van der Waals surface area (Å²) >= 11 is 1.63. The van der Waals surface area contributed by atoms with Crippen LogP contribution in [0.25, 0.3) is 0 Å². The Morgan fingerprint density at radius 1 is 1.67 bits per heavy atom. The first-order valence-corrected chi connectivity index (χ1v) is 5.88. The molecule has 0 radical (unpaired) electrons. The van der Waals surface area contributed by atoms with Crippen molar-refractivity contribution in [3.8, 4) is 0 Å². The van der Waals surface area contributed by atoms with Gasteiger partial charge >= 0.3 is 0 Å². The minimum Gasteiger partial charge on any atom is -0.377 e. The molecule has 2 heterocycles. The van der Waals surface area contributed by atoms with Crippen LogP contribution in [0.5, 0.6) is 0 Å². The molecule has 0 bridgehead atoms. The zero-order valence-electron chi connectivity index (χ0n) is 8.94. The normalized spacial score (nSPS) is 26.4.